The van der Waals surface area contributed by atoms with Crippen LogP contribution in [0.4, 0.5) is 0 Å². The molecule has 1 aromatic carbocycles. The molecule has 5 saturated carbocycles. The average Bonchev–Trinajstić information content (AvgIpc) is 3.38. The van der Waals surface area contributed by atoms with Crippen molar-refractivity contribution < 1.29 is 22.1 Å². The molecular weight excluding hydrogens is 532 g/mol. The highest BCUT2D eigenvalue weighted by molar-refractivity contribution is 7.86. The van der Waals surface area contributed by atoms with Crippen LogP contribution in [-0.4, -0.2) is 32.5 Å². The Balaban J connectivity index is 1.08. The number of rotatable bonds is 3. The summed E-state index contributed by atoms with van der Waals surface area (Å²) in [4.78, 5) is 14.6. The summed E-state index contributed by atoms with van der Waals surface area (Å²) in [5.74, 6) is 4.59. The summed E-state index contributed by atoms with van der Waals surface area (Å²) in [5, 5.41) is 0. The minimum absolute atomic E-state index is 0.00606. The molecule has 0 N–H and O–H groups in total. The van der Waals surface area contributed by atoms with Crippen LogP contribution in [-0.2, 0) is 23.8 Å². The summed E-state index contributed by atoms with van der Waals surface area (Å²) >= 11 is 0. The molecule has 0 radical (unpaired) electrons. The number of ketones is 1. The SMILES string of the molecule is Cc1ccc(S(=O)(=O)O[C@H]2CC[C@@]3(C)[C@@H](CC[C@H]4[C@H]3CC(=O)[C@]3(C)[C@H]5[C@@H](C[C@H]43)C[C@]3(CC[C@@H](C)CO3)[C@@H]5C)C2)cc1. The quantitative estimate of drug-likeness (QED) is 0.348. The number of ether oxygens (including phenoxy) is 1. The fourth-order valence-electron chi connectivity index (χ4n) is 11.7. The van der Waals surface area contributed by atoms with Gasteiger partial charge in [-0.15, -0.1) is 0 Å². The molecule has 5 aliphatic carbocycles. The van der Waals surface area contributed by atoms with Crippen LogP contribution in [0.3, 0.4) is 0 Å². The largest absolute Gasteiger partial charge is 0.374 e. The van der Waals surface area contributed by atoms with Crippen molar-refractivity contribution in [3.05, 3.63) is 29.8 Å². The second-order valence-electron chi connectivity index (χ2n) is 15.9. The van der Waals surface area contributed by atoms with Gasteiger partial charge in [-0.05, 0) is 130 Å². The standard InChI is InChI=1S/C35H50O5S/c1-21-6-9-27(10-7-21)41(37,38)40-26-13-14-33(4)25(17-26)8-11-28-29(33)18-31(36)34(5)30(28)16-24-19-35(23(3)32(24)34)15-12-22(2)20-39-35/h6-7,9-10,22-26,28-30,32H,8,11-20H2,1-5H3/t22-,23-,24+,25+,26+,28+,29-,30-,32-,33+,34-,35-/m1/s1. The first kappa shape index (κ1) is 28.5. The normalized spacial score (nSPS) is 49.3. The third-order valence-electron chi connectivity index (χ3n) is 14.0. The predicted molar refractivity (Wildman–Crippen MR) is 159 cm³/mol. The van der Waals surface area contributed by atoms with Gasteiger partial charge in [-0.1, -0.05) is 45.4 Å². The smallest absolute Gasteiger partial charge is 0.297 e. The Morgan fingerprint density at radius 3 is 2.41 bits per heavy atom. The van der Waals surface area contributed by atoms with Crippen LogP contribution in [0, 0.1) is 65.1 Å². The predicted octanol–water partition coefficient (Wildman–Crippen LogP) is 7.36. The molecule has 0 aromatic heterocycles. The molecule has 1 saturated heterocycles. The molecule has 226 valence electrons. The van der Waals surface area contributed by atoms with Crippen molar-refractivity contribution in [3.8, 4) is 0 Å². The fraction of sp³-hybridized carbons (Fsp3) is 0.800. The number of hydrogen-bond donors (Lipinski definition) is 0. The molecule has 6 heteroatoms. The van der Waals surface area contributed by atoms with Gasteiger partial charge in [0.25, 0.3) is 10.1 Å². The topological polar surface area (TPSA) is 69.7 Å². The Hall–Kier alpha value is -1.24. The Bertz CT molecular complexity index is 1300. The van der Waals surface area contributed by atoms with Crippen LogP contribution in [0.1, 0.15) is 97.5 Å². The Labute approximate surface area is 247 Å². The number of carbonyl (C=O) groups excluding carboxylic acids is 1. The highest BCUT2D eigenvalue weighted by atomic mass is 32.2. The first-order valence-electron chi connectivity index (χ1n) is 16.5. The van der Waals surface area contributed by atoms with Gasteiger partial charge in [-0.25, -0.2) is 0 Å². The lowest BCUT2D eigenvalue weighted by Crippen LogP contribution is -2.58. The summed E-state index contributed by atoms with van der Waals surface area (Å²) < 4.78 is 38.6. The molecule has 12 atom stereocenters. The Morgan fingerprint density at radius 1 is 0.951 bits per heavy atom. The van der Waals surface area contributed by atoms with Gasteiger partial charge in [-0.2, -0.15) is 8.42 Å². The van der Waals surface area contributed by atoms with E-state index in [1.165, 1.54) is 19.3 Å². The molecule has 0 amide bonds. The zero-order valence-electron chi connectivity index (χ0n) is 25.7. The number of aryl methyl sites for hydroxylation is 1. The third kappa shape index (κ3) is 4.19. The van der Waals surface area contributed by atoms with Crippen LogP contribution in [0.2, 0.25) is 0 Å². The van der Waals surface area contributed by atoms with Gasteiger partial charge in [0.15, 0.2) is 0 Å². The lowest BCUT2D eigenvalue weighted by molar-refractivity contribution is -0.167. The zero-order valence-corrected chi connectivity index (χ0v) is 26.5. The third-order valence-corrected chi connectivity index (χ3v) is 15.4. The molecule has 1 aromatic rings. The lowest BCUT2D eigenvalue weighted by Gasteiger charge is -2.60. The van der Waals surface area contributed by atoms with E-state index >= 15 is 0 Å². The van der Waals surface area contributed by atoms with Crippen molar-refractivity contribution in [1.29, 1.82) is 0 Å². The van der Waals surface area contributed by atoms with Crippen molar-refractivity contribution in [2.45, 2.75) is 115 Å². The van der Waals surface area contributed by atoms with Crippen LogP contribution in [0.25, 0.3) is 0 Å². The van der Waals surface area contributed by atoms with Crippen LogP contribution in [0.15, 0.2) is 29.2 Å². The van der Waals surface area contributed by atoms with Gasteiger partial charge >= 0.3 is 0 Å². The molecule has 41 heavy (non-hydrogen) atoms. The minimum Gasteiger partial charge on any atom is -0.374 e. The molecule has 7 rings (SSSR count). The van der Waals surface area contributed by atoms with Gasteiger partial charge in [0.1, 0.15) is 5.78 Å². The number of Topliss-reactive ketones (excluding diaryl/α,β-unsaturated/α-hetero) is 1. The molecule has 6 fully saturated rings. The van der Waals surface area contributed by atoms with Crippen molar-refractivity contribution in [3.63, 3.8) is 0 Å². The molecule has 1 aliphatic heterocycles. The summed E-state index contributed by atoms with van der Waals surface area (Å²) in [6.07, 6.45) is 9.95. The van der Waals surface area contributed by atoms with Crippen molar-refractivity contribution in [2.24, 2.45) is 58.2 Å². The monoisotopic (exact) mass is 582 g/mol. The van der Waals surface area contributed by atoms with Gasteiger partial charge < -0.3 is 4.74 Å². The minimum atomic E-state index is -3.78. The van der Waals surface area contributed by atoms with Crippen molar-refractivity contribution >= 4 is 15.9 Å². The summed E-state index contributed by atoms with van der Waals surface area (Å²) in [7, 11) is -3.78. The molecule has 0 bridgehead atoms. The first-order valence-corrected chi connectivity index (χ1v) is 18.0. The number of benzene rings is 1. The number of carbonyl (C=O) groups is 1. The number of hydrogen-bond acceptors (Lipinski definition) is 5. The molecular formula is C35H50O5S. The van der Waals surface area contributed by atoms with E-state index in [1.807, 2.05) is 19.1 Å². The highest BCUT2D eigenvalue weighted by Gasteiger charge is 2.70. The molecule has 6 aliphatic rings. The first-order chi connectivity index (χ1) is 19.4. The van der Waals surface area contributed by atoms with E-state index in [0.717, 1.165) is 50.7 Å². The van der Waals surface area contributed by atoms with E-state index in [0.29, 0.717) is 59.5 Å². The van der Waals surface area contributed by atoms with Crippen LogP contribution in [0.5, 0.6) is 0 Å². The van der Waals surface area contributed by atoms with Gasteiger partial charge in [-0.3, -0.25) is 8.98 Å². The molecule has 0 unspecified atom stereocenters. The lowest BCUT2D eigenvalue weighted by atomic mass is 9.44. The Kier molecular flexibility index (Phi) is 6.70. The van der Waals surface area contributed by atoms with Crippen LogP contribution >= 0.6 is 0 Å². The second-order valence-corrected chi connectivity index (χ2v) is 17.4. The van der Waals surface area contributed by atoms with E-state index in [4.69, 9.17) is 8.92 Å². The van der Waals surface area contributed by atoms with Crippen molar-refractivity contribution in [2.75, 3.05) is 6.61 Å². The zero-order chi connectivity index (χ0) is 28.9. The van der Waals surface area contributed by atoms with Gasteiger partial charge in [0.2, 0.25) is 0 Å². The van der Waals surface area contributed by atoms with E-state index in [9.17, 15) is 13.2 Å². The summed E-state index contributed by atoms with van der Waals surface area (Å²) in [6.45, 7) is 12.3. The van der Waals surface area contributed by atoms with E-state index in [-0.39, 0.29) is 27.4 Å². The molecule has 1 spiro atoms. The summed E-state index contributed by atoms with van der Waals surface area (Å²) in [5.41, 5.74) is 0.894. The maximum absolute atomic E-state index is 14.4. The van der Waals surface area contributed by atoms with Crippen molar-refractivity contribution in [1.82, 2.24) is 0 Å². The number of fused-ring (bicyclic) bond motifs is 7. The average molecular weight is 583 g/mol. The van der Waals surface area contributed by atoms with E-state index < -0.39 is 10.1 Å². The molecule has 5 nitrogen and oxygen atoms in total. The van der Waals surface area contributed by atoms with E-state index in [2.05, 4.69) is 27.7 Å². The highest BCUT2D eigenvalue weighted by Crippen LogP contribution is 2.72. The van der Waals surface area contributed by atoms with Crippen LogP contribution < -0.4 is 0 Å². The second kappa shape index (κ2) is 9.63. The van der Waals surface area contributed by atoms with Gasteiger partial charge in [0.05, 0.1) is 16.6 Å². The molecule has 1 heterocycles. The Morgan fingerprint density at radius 2 is 1.71 bits per heavy atom. The maximum Gasteiger partial charge on any atom is 0.297 e. The fourth-order valence-corrected chi connectivity index (χ4v) is 12.9. The van der Waals surface area contributed by atoms with Gasteiger partial charge in [0, 0.05) is 18.4 Å². The summed E-state index contributed by atoms with van der Waals surface area (Å²) in [6, 6.07) is 6.94. The van der Waals surface area contributed by atoms with E-state index in [1.54, 1.807) is 12.1 Å². The maximum atomic E-state index is 14.4.